The predicted octanol–water partition coefficient (Wildman–Crippen LogP) is 1.59. The molecule has 3 rings (SSSR count). The lowest BCUT2D eigenvalue weighted by Gasteiger charge is -2.18. The second-order valence-corrected chi connectivity index (χ2v) is 4.98. The molecule has 0 amide bonds. The highest BCUT2D eigenvalue weighted by Gasteiger charge is 2.32. The van der Waals surface area contributed by atoms with Crippen LogP contribution in [-0.4, -0.2) is 34.6 Å². The summed E-state index contributed by atoms with van der Waals surface area (Å²) in [6.45, 7) is 1.56. The van der Waals surface area contributed by atoms with Gasteiger partial charge in [0.2, 0.25) is 5.89 Å². The van der Waals surface area contributed by atoms with E-state index in [9.17, 15) is 5.11 Å². The van der Waals surface area contributed by atoms with E-state index in [0.29, 0.717) is 11.8 Å². The maximum atomic E-state index is 9.81. The van der Waals surface area contributed by atoms with Crippen LogP contribution < -0.4 is 0 Å². The summed E-state index contributed by atoms with van der Waals surface area (Å²) in [6.07, 6.45) is 4.47. The number of hydrogen-bond acceptors (Lipinski definition) is 5. The van der Waals surface area contributed by atoms with E-state index in [4.69, 9.17) is 9.26 Å². The number of rotatable bonds is 2. The van der Waals surface area contributed by atoms with Gasteiger partial charge in [0.05, 0.1) is 12.0 Å². The standard InChI is InChI=1S/C12H18N2O3/c15-10-3-1-2-9(10)12-13-11(14-17-12)8-4-6-16-7-5-8/h8-10,15H,1-7H2. The molecule has 0 bridgehead atoms. The zero-order chi connectivity index (χ0) is 11.7. The molecule has 1 N–H and O–H groups in total. The lowest BCUT2D eigenvalue weighted by atomic mass is 9.99. The van der Waals surface area contributed by atoms with Crippen LogP contribution in [0.15, 0.2) is 4.52 Å². The first-order valence-electron chi connectivity index (χ1n) is 6.44. The third-order valence-electron chi connectivity index (χ3n) is 3.84. The van der Waals surface area contributed by atoms with Gasteiger partial charge >= 0.3 is 0 Å². The van der Waals surface area contributed by atoms with Crippen LogP contribution in [0.4, 0.5) is 0 Å². The summed E-state index contributed by atoms with van der Waals surface area (Å²) in [4.78, 5) is 4.47. The van der Waals surface area contributed by atoms with E-state index in [1.54, 1.807) is 0 Å². The van der Waals surface area contributed by atoms with Crippen LogP contribution in [0.3, 0.4) is 0 Å². The van der Waals surface area contributed by atoms with Crippen LogP contribution in [-0.2, 0) is 4.74 Å². The Bertz CT molecular complexity index is 374. The molecule has 2 heterocycles. The highest BCUT2D eigenvalue weighted by molar-refractivity contribution is 5.03. The van der Waals surface area contributed by atoms with E-state index in [0.717, 1.165) is 51.1 Å². The van der Waals surface area contributed by atoms with E-state index >= 15 is 0 Å². The van der Waals surface area contributed by atoms with Gasteiger partial charge in [0.15, 0.2) is 5.82 Å². The molecule has 2 unspecified atom stereocenters. The van der Waals surface area contributed by atoms with Gasteiger partial charge in [0.25, 0.3) is 0 Å². The number of aliphatic hydroxyl groups excluding tert-OH is 1. The van der Waals surface area contributed by atoms with Crippen molar-refractivity contribution in [3.05, 3.63) is 11.7 Å². The molecule has 17 heavy (non-hydrogen) atoms. The third-order valence-corrected chi connectivity index (χ3v) is 3.84. The zero-order valence-electron chi connectivity index (χ0n) is 9.84. The van der Waals surface area contributed by atoms with Gasteiger partial charge in [-0.05, 0) is 32.1 Å². The molecular weight excluding hydrogens is 220 g/mol. The summed E-state index contributed by atoms with van der Waals surface area (Å²) in [5.41, 5.74) is 0. The van der Waals surface area contributed by atoms with Gasteiger partial charge in [0, 0.05) is 19.1 Å². The lowest BCUT2D eigenvalue weighted by molar-refractivity contribution is 0.0830. The first kappa shape index (κ1) is 11.2. The van der Waals surface area contributed by atoms with Crippen LogP contribution in [0.25, 0.3) is 0 Å². The van der Waals surface area contributed by atoms with Gasteiger partial charge in [-0.1, -0.05) is 5.16 Å². The Morgan fingerprint density at radius 2 is 1.94 bits per heavy atom. The molecule has 2 atom stereocenters. The van der Waals surface area contributed by atoms with Gasteiger partial charge in [0.1, 0.15) is 0 Å². The maximum Gasteiger partial charge on any atom is 0.232 e. The molecule has 0 aromatic carbocycles. The van der Waals surface area contributed by atoms with Gasteiger partial charge in [-0.15, -0.1) is 0 Å². The fourth-order valence-electron chi connectivity index (χ4n) is 2.75. The Kier molecular flexibility index (Phi) is 3.11. The van der Waals surface area contributed by atoms with Crippen molar-refractivity contribution in [1.82, 2.24) is 10.1 Å². The van der Waals surface area contributed by atoms with Crippen LogP contribution >= 0.6 is 0 Å². The Hall–Kier alpha value is -0.940. The van der Waals surface area contributed by atoms with Crippen molar-refractivity contribution in [2.45, 2.75) is 50.0 Å². The van der Waals surface area contributed by atoms with Crippen molar-refractivity contribution in [2.24, 2.45) is 0 Å². The second-order valence-electron chi connectivity index (χ2n) is 4.98. The third kappa shape index (κ3) is 2.21. The molecular formula is C12H18N2O3. The van der Waals surface area contributed by atoms with Crippen LogP contribution in [0, 0.1) is 0 Å². The van der Waals surface area contributed by atoms with Crippen LogP contribution in [0.1, 0.15) is 55.7 Å². The average Bonchev–Trinajstić information content (AvgIpc) is 2.98. The first-order valence-corrected chi connectivity index (χ1v) is 6.44. The largest absolute Gasteiger partial charge is 0.392 e. The Morgan fingerprint density at radius 1 is 1.12 bits per heavy atom. The van der Waals surface area contributed by atoms with Crippen molar-refractivity contribution >= 4 is 0 Å². The lowest BCUT2D eigenvalue weighted by Crippen LogP contribution is -2.15. The van der Waals surface area contributed by atoms with Crippen molar-refractivity contribution in [3.63, 3.8) is 0 Å². The number of ether oxygens (including phenoxy) is 1. The van der Waals surface area contributed by atoms with Gasteiger partial charge in [-0.2, -0.15) is 4.98 Å². The Morgan fingerprint density at radius 3 is 2.65 bits per heavy atom. The quantitative estimate of drug-likeness (QED) is 0.847. The molecule has 1 aromatic rings. The molecule has 5 nitrogen and oxygen atoms in total. The predicted molar refractivity (Wildman–Crippen MR) is 59.7 cm³/mol. The molecule has 0 radical (unpaired) electrons. The van der Waals surface area contributed by atoms with E-state index in [1.165, 1.54) is 0 Å². The van der Waals surface area contributed by atoms with Crippen molar-refractivity contribution < 1.29 is 14.4 Å². The van der Waals surface area contributed by atoms with Crippen LogP contribution in [0.5, 0.6) is 0 Å². The van der Waals surface area contributed by atoms with Crippen LogP contribution in [0.2, 0.25) is 0 Å². The zero-order valence-corrected chi connectivity index (χ0v) is 9.84. The van der Waals surface area contributed by atoms with E-state index in [-0.39, 0.29) is 12.0 Å². The minimum atomic E-state index is -0.307. The number of nitrogens with zero attached hydrogens (tertiary/aromatic N) is 2. The SMILES string of the molecule is OC1CCCC1c1nc(C2CCOCC2)no1. The summed E-state index contributed by atoms with van der Waals surface area (Å²) in [5, 5.41) is 13.9. The Labute approximate surface area is 100 Å². The van der Waals surface area contributed by atoms with E-state index in [1.807, 2.05) is 0 Å². The monoisotopic (exact) mass is 238 g/mol. The van der Waals surface area contributed by atoms with E-state index in [2.05, 4.69) is 10.1 Å². The summed E-state index contributed by atoms with van der Waals surface area (Å²) < 4.78 is 10.6. The van der Waals surface area contributed by atoms with Crippen molar-refractivity contribution in [3.8, 4) is 0 Å². The average molecular weight is 238 g/mol. The smallest absolute Gasteiger partial charge is 0.232 e. The summed E-state index contributed by atoms with van der Waals surface area (Å²) in [5.74, 6) is 1.83. The highest BCUT2D eigenvalue weighted by atomic mass is 16.5. The fourth-order valence-corrected chi connectivity index (χ4v) is 2.75. The number of aliphatic hydroxyl groups is 1. The normalized spacial score (nSPS) is 30.9. The minimum absolute atomic E-state index is 0.0519. The maximum absolute atomic E-state index is 9.81. The molecule has 5 heteroatoms. The molecule has 1 aromatic heterocycles. The van der Waals surface area contributed by atoms with Gasteiger partial charge in [-0.3, -0.25) is 0 Å². The van der Waals surface area contributed by atoms with Crippen molar-refractivity contribution in [1.29, 1.82) is 0 Å². The van der Waals surface area contributed by atoms with Gasteiger partial charge < -0.3 is 14.4 Å². The topological polar surface area (TPSA) is 68.4 Å². The van der Waals surface area contributed by atoms with E-state index < -0.39 is 0 Å². The molecule has 1 aliphatic carbocycles. The molecule has 1 saturated heterocycles. The fraction of sp³-hybridized carbons (Fsp3) is 0.833. The van der Waals surface area contributed by atoms with Gasteiger partial charge in [-0.25, -0.2) is 0 Å². The number of hydrogen-bond donors (Lipinski definition) is 1. The molecule has 2 aliphatic rings. The highest BCUT2D eigenvalue weighted by Crippen LogP contribution is 2.34. The molecule has 94 valence electrons. The Balaban J connectivity index is 1.73. The molecule has 0 spiro atoms. The molecule has 1 saturated carbocycles. The summed E-state index contributed by atoms with van der Waals surface area (Å²) in [6, 6.07) is 0. The summed E-state index contributed by atoms with van der Waals surface area (Å²) in [7, 11) is 0. The number of aromatic nitrogens is 2. The minimum Gasteiger partial charge on any atom is -0.392 e. The second kappa shape index (κ2) is 4.74. The van der Waals surface area contributed by atoms with Crippen molar-refractivity contribution in [2.75, 3.05) is 13.2 Å². The summed E-state index contributed by atoms with van der Waals surface area (Å²) >= 11 is 0. The molecule has 2 fully saturated rings. The molecule has 1 aliphatic heterocycles. The first-order chi connectivity index (χ1) is 8.34.